The Morgan fingerprint density at radius 1 is 1.26 bits per heavy atom. The summed E-state index contributed by atoms with van der Waals surface area (Å²) in [5.74, 6) is -1.41. The van der Waals surface area contributed by atoms with Gasteiger partial charge in [-0.3, -0.25) is 20.2 Å². The van der Waals surface area contributed by atoms with E-state index in [0.717, 1.165) is 12.1 Å². The van der Waals surface area contributed by atoms with E-state index in [4.69, 9.17) is 12.2 Å². The predicted octanol–water partition coefficient (Wildman–Crippen LogP) is 3.62. The standard InChI is InChI=1S/C14H9BrFN3O3S/c15-10-4-2-1-3-9(10)13(20)18-14(23)17-8-5-6-11(16)12(7-8)19(21)22/h1-7H,(H2,17,18,20,23). The molecule has 0 saturated carbocycles. The Hall–Kier alpha value is -2.39. The van der Waals surface area contributed by atoms with Crippen molar-refractivity contribution in [2.45, 2.75) is 0 Å². The molecule has 2 aromatic rings. The largest absolute Gasteiger partial charge is 0.332 e. The Labute approximate surface area is 144 Å². The van der Waals surface area contributed by atoms with Crippen LogP contribution in [0.3, 0.4) is 0 Å². The molecule has 0 radical (unpaired) electrons. The number of benzene rings is 2. The van der Waals surface area contributed by atoms with Gasteiger partial charge in [0.25, 0.3) is 5.91 Å². The quantitative estimate of drug-likeness (QED) is 0.469. The first-order chi connectivity index (χ1) is 10.9. The van der Waals surface area contributed by atoms with Crippen molar-refractivity contribution in [2.75, 3.05) is 5.32 Å². The normalized spacial score (nSPS) is 10.0. The highest BCUT2D eigenvalue weighted by Crippen LogP contribution is 2.21. The van der Waals surface area contributed by atoms with Crippen LogP contribution in [-0.4, -0.2) is 15.9 Å². The van der Waals surface area contributed by atoms with Crippen LogP contribution >= 0.6 is 28.1 Å². The third kappa shape index (κ3) is 4.30. The molecule has 0 aliphatic carbocycles. The molecule has 0 aliphatic rings. The van der Waals surface area contributed by atoms with Crippen LogP contribution in [0.15, 0.2) is 46.9 Å². The number of nitro benzene ring substituents is 1. The summed E-state index contributed by atoms with van der Waals surface area (Å²) in [7, 11) is 0. The number of halogens is 2. The van der Waals surface area contributed by atoms with E-state index in [1.165, 1.54) is 6.07 Å². The van der Waals surface area contributed by atoms with Gasteiger partial charge in [0.2, 0.25) is 5.82 Å². The fourth-order valence-electron chi connectivity index (χ4n) is 1.71. The number of nitrogens with one attached hydrogen (secondary N) is 2. The van der Waals surface area contributed by atoms with Crippen LogP contribution in [-0.2, 0) is 0 Å². The van der Waals surface area contributed by atoms with Crippen molar-refractivity contribution >= 4 is 50.5 Å². The Bertz CT molecular complexity index is 801. The smallest absolute Gasteiger partial charge is 0.306 e. The lowest BCUT2D eigenvalue weighted by Gasteiger charge is -2.10. The highest BCUT2D eigenvalue weighted by atomic mass is 79.9. The number of carbonyl (C=O) groups is 1. The molecule has 0 aromatic heterocycles. The van der Waals surface area contributed by atoms with Crippen molar-refractivity contribution in [2.24, 2.45) is 0 Å². The van der Waals surface area contributed by atoms with Crippen molar-refractivity contribution in [3.8, 4) is 0 Å². The number of hydrogen-bond acceptors (Lipinski definition) is 4. The zero-order valence-electron chi connectivity index (χ0n) is 11.4. The second-order valence-electron chi connectivity index (χ2n) is 4.31. The van der Waals surface area contributed by atoms with Crippen molar-refractivity contribution in [3.05, 3.63) is 68.4 Å². The number of nitro groups is 1. The zero-order chi connectivity index (χ0) is 17.0. The van der Waals surface area contributed by atoms with Gasteiger partial charge >= 0.3 is 5.69 Å². The molecule has 6 nitrogen and oxygen atoms in total. The number of carbonyl (C=O) groups excluding carboxylic acids is 1. The Balaban J connectivity index is 2.08. The van der Waals surface area contributed by atoms with Crippen molar-refractivity contribution < 1.29 is 14.1 Å². The third-order valence-corrected chi connectivity index (χ3v) is 3.64. The summed E-state index contributed by atoms with van der Waals surface area (Å²) in [6.07, 6.45) is 0. The van der Waals surface area contributed by atoms with Crippen molar-refractivity contribution in [1.29, 1.82) is 0 Å². The summed E-state index contributed by atoms with van der Waals surface area (Å²) < 4.78 is 13.9. The minimum absolute atomic E-state index is 0.0633. The number of rotatable bonds is 3. The zero-order valence-corrected chi connectivity index (χ0v) is 13.8. The molecule has 1 amide bonds. The van der Waals surface area contributed by atoms with Crippen LogP contribution in [0.4, 0.5) is 15.8 Å². The van der Waals surface area contributed by atoms with Crippen LogP contribution in [0.5, 0.6) is 0 Å². The molecule has 2 rings (SSSR count). The fourth-order valence-corrected chi connectivity index (χ4v) is 2.38. The lowest BCUT2D eigenvalue weighted by atomic mass is 10.2. The van der Waals surface area contributed by atoms with Crippen LogP contribution in [0, 0.1) is 15.9 Å². The highest BCUT2D eigenvalue weighted by molar-refractivity contribution is 9.10. The third-order valence-electron chi connectivity index (χ3n) is 2.75. The number of nitrogens with zero attached hydrogens (tertiary/aromatic N) is 1. The SMILES string of the molecule is O=C(NC(=S)Nc1ccc(F)c([N+](=O)[O-])c1)c1ccccc1Br. The molecule has 0 heterocycles. The van der Waals surface area contributed by atoms with E-state index >= 15 is 0 Å². The van der Waals surface area contributed by atoms with Gasteiger partial charge in [0, 0.05) is 16.2 Å². The molecule has 2 aromatic carbocycles. The van der Waals surface area contributed by atoms with Gasteiger partial charge in [0.05, 0.1) is 10.5 Å². The number of hydrogen-bond donors (Lipinski definition) is 2. The molecule has 0 fully saturated rings. The fraction of sp³-hybridized carbons (Fsp3) is 0. The second-order valence-corrected chi connectivity index (χ2v) is 5.57. The number of anilines is 1. The number of amides is 1. The maximum absolute atomic E-state index is 13.3. The first-order valence-electron chi connectivity index (χ1n) is 6.19. The maximum atomic E-state index is 13.3. The summed E-state index contributed by atoms with van der Waals surface area (Å²) >= 11 is 8.22. The first-order valence-corrected chi connectivity index (χ1v) is 7.39. The van der Waals surface area contributed by atoms with Gasteiger partial charge in [-0.05, 0) is 52.4 Å². The topological polar surface area (TPSA) is 84.3 Å². The summed E-state index contributed by atoms with van der Waals surface area (Å²) in [4.78, 5) is 21.9. The molecule has 0 unspecified atom stereocenters. The summed E-state index contributed by atoms with van der Waals surface area (Å²) in [5, 5.41) is 15.7. The molecular weight excluding hydrogens is 389 g/mol. The highest BCUT2D eigenvalue weighted by Gasteiger charge is 2.16. The van der Waals surface area contributed by atoms with Gasteiger partial charge < -0.3 is 5.32 Å². The van der Waals surface area contributed by atoms with Crippen molar-refractivity contribution in [3.63, 3.8) is 0 Å². The summed E-state index contributed by atoms with van der Waals surface area (Å²) in [5.41, 5.74) is -0.118. The minimum atomic E-state index is -0.955. The van der Waals surface area contributed by atoms with E-state index in [1.807, 2.05) is 0 Å². The molecule has 118 valence electrons. The van der Waals surface area contributed by atoms with Gasteiger partial charge in [-0.25, -0.2) is 0 Å². The van der Waals surface area contributed by atoms with Crippen LogP contribution in [0.25, 0.3) is 0 Å². The minimum Gasteiger partial charge on any atom is -0.332 e. The van der Waals surface area contributed by atoms with E-state index in [9.17, 15) is 19.3 Å². The van der Waals surface area contributed by atoms with Gasteiger partial charge in [0.1, 0.15) is 0 Å². The second kappa shape index (κ2) is 7.25. The van der Waals surface area contributed by atoms with E-state index in [-0.39, 0.29) is 10.8 Å². The molecule has 0 spiro atoms. The Morgan fingerprint density at radius 3 is 2.61 bits per heavy atom. The molecular formula is C14H9BrFN3O3S. The molecule has 0 bridgehead atoms. The van der Waals surface area contributed by atoms with E-state index in [0.29, 0.717) is 10.0 Å². The van der Waals surface area contributed by atoms with Crippen LogP contribution in [0.1, 0.15) is 10.4 Å². The maximum Gasteiger partial charge on any atom is 0.306 e. The summed E-state index contributed by atoms with van der Waals surface area (Å²) in [6, 6.07) is 9.97. The van der Waals surface area contributed by atoms with Gasteiger partial charge in [-0.15, -0.1) is 0 Å². The van der Waals surface area contributed by atoms with Crippen LogP contribution in [0.2, 0.25) is 0 Å². The van der Waals surface area contributed by atoms with Gasteiger partial charge in [-0.2, -0.15) is 4.39 Å². The van der Waals surface area contributed by atoms with Crippen LogP contribution < -0.4 is 10.6 Å². The van der Waals surface area contributed by atoms with E-state index < -0.39 is 22.3 Å². The Kier molecular flexibility index (Phi) is 5.35. The monoisotopic (exact) mass is 397 g/mol. The average molecular weight is 398 g/mol. The number of thiocarbonyl (C=S) groups is 1. The molecule has 9 heteroatoms. The predicted molar refractivity (Wildman–Crippen MR) is 90.9 cm³/mol. The molecule has 23 heavy (non-hydrogen) atoms. The average Bonchev–Trinajstić information content (AvgIpc) is 2.49. The lowest BCUT2D eigenvalue weighted by Crippen LogP contribution is -2.34. The van der Waals surface area contributed by atoms with E-state index in [1.54, 1.807) is 24.3 Å². The molecule has 0 saturated heterocycles. The molecule has 2 N–H and O–H groups in total. The van der Waals surface area contributed by atoms with E-state index in [2.05, 4.69) is 26.6 Å². The van der Waals surface area contributed by atoms with Gasteiger partial charge in [-0.1, -0.05) is 12.1 Å². The summed E-state index contributed by atoms with van der Waals surface area (Å²) in [6.45, 7) is 0. The molecule has 0 atom stereocenters. The molecule has 0 aliphatic heterocycles. The Morgan fingerprint density at radius 2 is 1.96 bits per heavy atom. The first kappa shape index (κ1) is 17.0. The van der Waals surface area contributed by atoms with Crippen molar-refractivity contribution in [1.82, 2.24) is 5.32 Å². The lowest BCUT2D eigenvalue weighted by molar-refractivity contribution is -0.387. The van der Waals surface area contributed by atoms with Gasteiger partial charge in [0.15, 0.2) is 5.11 Å².